The van der Waals surface area contributed by atoms with Crippen molar-refractivity contribution in [1.29, 1.82) is 0 Å². The van der Waals surface area contributed by atoms with E-state index < -0.39 is 21.0 Å². The van der Waals surface area contributed by atoms with E-state index in [4.69, 9.17) is 0 Å². The fraction of sp³-hybridized carbons (Fsp3) is 0.364. The predicted octanol–water partition coefficient (Wildman–Crippen LogP) is 1.15. The van der Waals surface area contributed by atoms with Crippen molar-refractivity contribution >= 4 is 16.1 Å². The van der Waals surface area contributed by atoms with Crippen LogP contribution in [0.25, 0.3) is 0 Å². The summed E-state index contributed by atoms with van der Waals surface area (Å²) >= 11 is 0. The average molecular weight is 242 g/mol. The Morgan fingerprint density at radius 3 is 2.19 bits per heavy atom. The van der Waals surface area contributed by atoms with Crippen molar-refractivity contribution < 1.29 is 17.6 Å². The van der Waals surface area contributed by atoms with Crippen molar-refractivity contribution in [2.75, 3.05) is 6.26 Å². The van der Waals surface area contributed by atoms with Gasteiger partial charge in [0.2, 0.25) is 0 Å². The van der Waals surface area contributed by atoms with Crippen LogP contribution in [0.1, 0.15) is 11.5 Å². The molecule has 3 atom stereocenters. The summed E-state index contributed by atoms with van der Waals surface area (Å²) in [5.41, 5.74) is 0.703. The number of benzene rings is 1. The maximum Gasteiger partial charge on any atom is 0.151 e. The van der Waals surface area contributed by atoms with Crippen LogP contribution in [-0.4, -0.2) is 26.2 Å². The van der Waals surface area contributed by atoms with E-state index in [1.807, 2.05) is 0 Å². The number of halogens is 1. The first-order valence-electron chi connectivity index (χ1n) is 4.85. The zero-order chi connectivity index (χ0) is 11.9. The number of aldehydes is 1. The second kappa shape index (κ2) is 3.66. The third-order valence-corrected chi connectivity index (χ3v) is 4.51. The van der Waals surface area contributed by atoms with Crippen LogP contribution in [0.3, 0.4) is 0 Å². The van der Waals surface area contributed by atoms with Gasteiger partial charge in [-0.05, 0) is 17.7 Å². The summed E-state index contributed by atoms with van der Waals surface area (Å²) < 4.78 is 35.5. The van der Waals surface area contributed by atoms with Crippen molar-refractivity contribution in [2.45, 2.75) is 11.2 Å². The Morgan fingerprint density at radius 1 is 1.25 bits per heavy atom. The van der Waals surface area contributed by atoms with Gasteiger partial charge < -0.3 is 4.79 Å². The standard InChI is InChI=1S/C11H11FO3S/c1-16(14,15)11-9(6-13)10(11)7-2-4-8(12)5-3-7/h2-6,9-11H,1H3/t9-,10-,11+/m0/s1. The Bertz CT molecular complexity index is 507. The van der Waals surface area contributed by atoms with Crippen molar-refractivity contribution in [3.8, 4) is 0 Å². The predicted molar refractivity (Wildman–Crippen MR) is 57.3 cm³/mol. The summed E-state index contributed by atoms with van der Waals surface area (Å²) in [5.74, 6) is -1.17. The van der Waals surface area contributed by atoms with Gasteiger partial charge in [-0.3, -0.25) is 0 Å². The summed E-state index contributed by atoms with van der Waals surface area (Å²) in [5, 5.41) is -0.643. The molecule has 0 saturated heterocycles. The molecule has 1 aliphatic carbocycles. The lowest BCUT2D eigenvalue weighted by atomic mass is 10.1. The molecule has 1 aromatic rings. The Morgan fingerprint density at radius 2 is 1.81 bits per heavy atom. The van der Waals surface area contributed by atoms with E-state index >= 15 is 0 Å². The van der Waals surface area contributed by atoms with Gasteiger partial charge in [0.15, 0.2) is 9.84 Å². The van der Waals surface area contributed by atoms with Crippen LogP contribution in [0.4, 0.5) is 4.39 Å². The van der Waals surface area contributed by atoms with E-state index in [0.29, 0.717) is 11.8 Å². The molecule has 0 spiro atoms. The maximum absolute atomic E-state index is 12.7. The molecule has 5 heteroatoms. The molecule has 1 saturated carbocycles. The topological polar surface area (TPSA) is 51.2 Å². The van der Waals surface area contributed by atoms with Gasteiger partial charge in [0.1, 0.15) is 12.1 Å². The molecule has 2 rings (SSSR count). The lowest BCUT2D eigenvalue weighted by Gasteiger charge is -1.98. The minimum atomic E-state index is -3.22. The molecule has 0 aliphatic heterocycles. The fourth-order valence-electron chi connectivity index (χ4n) is 2.12. The van der Waals surface area contributed by atoms with Crippen LogP contribution in [0.15, 0.2) is 24.3 Å². The molecule has 86 valence electrons. The van der Waals surface area contributed by atoms with Gasteiger partial charge in [-0.25, -0.2) is 12.8 Å². The van der Waals surface area contributed by atoms with Crippen molar-refractivity contribution in [2.24, 2.45) is 5.92 Å². The quantitative estimate of drug-likeness (QED) is 0.747. The normalized spacial score (nSPS) is 28.8. The molecule has 0 unspecified atom stereocenters. The molecule has 3 nitrogen and oxygen atoms in total. The van der Waals surface area contributed by atoms with Crippen LogP contribution in [-0.2, 0) is 14.6 Å². The maximum atomic E-state index is 12.7. The molecule has 0 amide bonds. The molecule has 1 fully saturated rings. The summed E-state index contributed by atoms with van der Waals surface area (Å²) in [6.07, 6.45) is 1.79. The average Bonchev–Trinajstić information content (AvgIpc) is 2.92. The van der Waals surface area contributed by atoms with Gasteiger partial charge in [-0.2, -0.15) is 0 Å². The van der Waals surface area contributed by atoms with Gasteiger partial charge in [0.25, 0.3) is 0 Å². The summed E-state index contributed by atoms with van der Waals surface area (Å²) in [6, 6.07) is 5.60. The fourth-order valence-corrected chi connectivity index (χ4v) is 3.70. The first-order valence-corrected chi connectivity index (χ1v) is 6.80. The number of hydrogen-bond donors (Lipinski definition) is 0. The highest BCUT2D eigenvalue weighted by Gasteiger charge is 2.57. The molecule has 0 heterocycles. The first-order chi connectivity index (χ1) is 7.45. The van der Waals surface area contributed by atoms with E-state index in [1.54, 1.807) is 0 Å². The number of rotatable bonds is 3. The van der Waals surface area contributed by atoms with Crippen molar-refractivity contribution in [3.63, 3.8) is 0 Å². The summed E-state index contributed by atoms with van der Waals surface area (Å²) in [4.78, 5) is 10.7. The second-order valence-corrected chi connectivity index (χ2v) is 6.29. The lowest BCUT2D eigenvalue weighted by molar-refractivity contribution is -0.108. The highest BCUT2D eigenvalue weighted by molar-refractivity contribution is 7.91. The zero-order valence-corrected chi connectivity index (χ0v) is 9.45. The molecule has 0 N–H and O–H groups in total. The van der Waals surface area contributed by atoms with E-state index in [2.05, 4.69) is 0 Å². The second-order valence-electron chi connectivity index (χ2n) is 4.08. The first kappa shape index (κ1) is 11.3. The molecular formula is C11H11FO3S. The molecule has 16 heavy (non-hydrogen) atoms. The van der Waals surface area contributed by atoms with Crippen LogP contribution in [0.5, 0.6) is 0 Å². The molecule has 1 aliphatic rings. The highest BCUT2D eigenvalue weighted by atomic mass is 32.2. The van der Waals surface area contributed by atoms with Gasteiger partial charge in [-0.1, -0.05) is 12.1 Å². The van der Waals surface area contributed by atoms with Gasteiger partial charge in [-0.15, -0.1) is 0 Å². The van der Waals surface area contributed by atoms with Crippen molar-refractivity contribution in [3.05, 3.63) is 35.6 Å². The molecule has 0 radical (unpaired) electrons. The Labute approximate surface area is 93.2 Å². The van der Waals surface area contributed by atoms with E-state index in [0.717, 1.165) is 6.26 Å². The van der Waals surface area contributed by atoms with E-state index in [9.17, 15) is 17.6 Å². The highest BCUT2D eigenvalue weighted by Crippen LogP contribution is 2.50. The lowest BCUT2D eigenvalue weighted by Crippen LogP contribution is -2.07. The van der Waals surface area contributed by atoms with Gasteiger partial charge in [0.05, 0.1) is 5.25 Å². The number of carbonyl (C=O) groups excluding carboxylic acids is 1. The number of hydrogen-bond acceptors (Lipinski definition) is 3. The van der Waals surface area contributed by atoms with Crippen LogP contribution in [0.2, 0.25) is 0 Å². The third kappa shape index (κ3) is 1.87. The minimum absolute atomic E-state index is 0.312. The SMILES string of the molecule is CS(=O)(=O)[C@@H]1[C@@H](C=O)[C@@H]1c1ccc(F)cc1. The Balaban J connectivity index is 2.30. The van der Waals surface area contributed by atoms with Crippen molar-refractivity contribution in [1.82, 2.24) is 0 Å². The summed E-state index contributed by atoms with van der Waals surface area (Å²) in [7, 11) is -3.22. The van der Waals surface area contributed by atoms with Gasteiger partial charge >= 0.3 is 0 Å². The van der Waals surface area contributed by atoms with Gasteiger partial charge in [0, 0.05) is 18.1 Å². The number of carbonyl (C=O) groups is 1. The smallest absolute Gasteiger partial charge is 0.151 e. The third-order valence-electron chi connectivity index (χ3n) is 2.91. The van der Waals surface area contributed by atoms with E-state index in [-0.39, 0.29) is 11.7 Å². The largest absolute Gasteiger partial charge is 0.303 e. The molecular weight excluding hydrogens is 231 g/mol. The Kier molecular flexibility index (Phi) is 2.58. The number of sulfone groups is 1. The zero-order valence-electron chi connectivity index (χ0n) is 8.63. The monoisotopic (exact) mass is 242 g/mol. The Hall–Kier alpha value is -1.23. The minimum Gasteiger partial charge on any atom is -0.303 e. The van der Waals surface area contributed by atoms with E-state index in [1.165, 1.54) is 24.3 Å². The molecule has 1 aromatic carbocycles. The van der Waals surface area contributed by atoms with Crippen LogP contribution < -0.4 is 0 Å². The summed E-state index contributed by atoms with van der Waals surface area (Å²) in [6.45, 7) is 0. The van der Waals surface area contributed by atoms with Crippen LogP contribution in [0, 0.1) is 11.7 Å². The molecule has 0 bridgehead atoms. The molecule has 0 aromatic heterocycles. The van der Waals surface area contributed by atoms with Crippen LogP contribution >= 0.6 is 0 Å².